The first-order valence-electron chi connectivity index (χ1n) is 22.2. The second-order valence-corrected chi connectivity index (χ2v) is 16.1. The third-order valence-corrected chi connectivity index (χ3v) is 10.6. The van der Waals surface area contributed by atoms with E-state index in [1.807, 2.05) is 0 Å². The minimum atomic E-state index is -1.13. The topological polar surface area (TPSA) is 89.8 Å². The zero-order valence-corrected chi connectivity index (χ0v) is 33.5. The maximum Gasteiger partial charge on any atom is 0.220 e. The van der Waals surface area contributed by atoms with Crippen LogP contribution in [0.15, 0.2) is 0 Å². The number of hydrogen-bond acceptors (Lipinski definition) is 4. The van der Waals surface area contributed by atoms with Crippen molar-refractivity contribution in [2.24, 2.45) is 5.92 Å². The molecule has 0 unspecified atom stereocenters. The van der Waals surface area contributed by atoms with Gasteiger partial charge in [-0.1, -0.05) is 226 Å². The first-order chi connectivity index (χ1) is 23.9. The van der Waals surface area contributed by atoms with E-state index in [2.05, 4.69) is 26.1 Å². The number of aliphatic hydroxyl groups excluding tert-OH is 3. The predicted molar refractivity (Wildman–Crippen MR) is 213 cm³/mol. The molecule has 294 valence electrons. The molecule has 0 spiro atoms. The number of rotatable bonds is 40. The molecule has 0 aliphatic carbocycles. The largest absolute Gasteiger partial charge is 0.394 e. The summed E-state index contributed by atoms with van der Waals surface area (Å²) < 4.78 is 0. The zero-order valence-electron chi connectivity index (χ0n) is 33.5. The van der Waals surface area contributed by atoms with E-state index in [1.165, 1.54) is 173 Å². The first kappa shape index (κ1) is 48.3. The summed E-state index contributed by atoms with van der Waals surface area (Å²) in [5.74, 6) is 0.705. The lowest BCUT2D eigenvalue weighted by molar-refractivity contribution is -0.124. The van der Waals surface area contributed by atoms with E-state index in [0.29, 0.717) is 12.8 Å². The van der Waals surface area contributed by atoms with Gasteiger partial charge >= 0.3 is 0 Å². The van der Waals surface area contributed by atoms with Gasteiger partial charge in [-0.05, 0) is 18.8 Å². The highest BCUT2D eigenvalue weighted by Crippen LogP contribution is 2.17. The fourth-order valence-corrected chi connectivity index (χ4v) is 7.17. The summed E-state index contributed by atoms with van der Waals surface area (Å²) in [4.78, 5) is 12.4. The summed E-state index contributed by atoms with van der Waals surface area (Å²) in [5, 5.41) is 33.6. The van der Waals surface area contributed by atoms with E-state index in [0.717, 1.165) is 44.4 Å². The van der Waals surface area contributed by atoms with Crippen molar-refractivity contribution in [3.05, 3.63) is 0 Å². The number of hydrogen-bond donors (Lipinski definition) is 4. The first-order valence-corrected chi connectivity index (χ1v) is 22.2. The Bertz CT molecular complexity index is 657. The Labute approximate surface area is 307 Å². The molecule has 5 nitrogen and oxygen atoms in total. The van der Waals surface area contributed by atoms with Crippen LogP contribution < -0.4 is 5.32 Å². The molecule has 0 saturated heterocycles. The average Bonchev–Trinajstić information content (AvgIpc) is 3.09. The summed E-state index contributed by atoms with van der Waals surface area (Å²) in [7, 11) is 0. The van der Waals surface area contributed by atoms with Crippen molar-refractivity contribution in [3.8, 4) is 0 Å². The van der Waals surface area contributed by atoms with Gasteiger partial charge in [-0.3, -0.25) is 4.79 Å². The normalized spacial score (nSPS) is 13.6. The molecule has 0 saturated carbocycles. The van der Waals surface area contributed by atoms with Crippen molar-refractivity contribution < 1.29 is 20.1 Å². The van der Waals surface area contributed by atoms with Crippen LogP contribution in [-0.4, -0.2) is 46.1 Å². The maximum absolute atomic E-state index is 12.4. The lowest BCUT2D eigenvalue weighted by Crippen LogP contribution is -2.50. The van der Waals surface area contributed by atoms with Crippen molar-refractivity contribution in [2.75, 3.05) is 6.61 Å². The van der Waals surface area contributed by atoms with Crippen molar-refractivity contribution in [2.45, 2.75) is 264 Å². The Morgan fingerprint density at radius 1 is 0.469 bits per heavy atom. The second-order valence-electron chi connectivity index (χ2n) is 16.1. The Kier molecular flexibility index (Phi) is 38.1. The average molecular weight is 696 g/mol. The summed E-state index contributed by atoms with van der Waals surface area (Å²) in [5.41, 5.74) is 0. The van der Waals surface area contributed by atoms with Gasteiger partial charge in [0, 0.05) is 6.42 Å². The quantitative estimate of drug-likeness (QED) is 0.0480. The fourth-order valence-electron chi connectivity index (χ4n) is 7.17. The van der Waals surface area contributed by atoms with Crippen LogP contribution in [0.3, 0.4) is 0 Å². The third kappa shape index (κ3) is 35.5. The molecule has 0 fully saturated rings. The van der Waals surface area contributed by atoms with E-state index in [4.69, 9.17) is 0 Å². The van der Waals surface area contributed by atoms with Gasteiger partial charge in [0.2, 0.25) is 5.91 Å². The summed E-state index contributed by atoms with van der Waals surface area (Å²) in [6.45, 7) is 6.55. The Balaban J connectivity index is 3.58. The second kappa shape index (κ2) is 38.6. The molecule has 0 aromatic heterocycles. The maximum atomic E-state index is 12.4. The standard InChI is InChI=1S/C44H89NO4/c1-4-5-6-7-8-9-10-11-12-13-14-15-16-20-23-26-29-32-35-38-43(48)45-41(39-46)44(49)42(47)37-34-31-28-25-22-19-17-18-21-24-27-30-33-36-40(2)3/h40-42,44,46-47,49H,4-39H2,1-3H3,(H,45,48)/t41-,42+,44-/m0/s1. The Morgan fingerprint density at radius 2 is 0.776 bits per heavy atom. The molecule has 0 rings (SSSR count). The van der Waals surface area contributed by atoms with Crippen molar-refractivity contribution in [1.82, 2.24) is 5.32 Å². The number of aliphatic hydroxyl groups is 3. The Hall–Kier alpha value is -0.650. The minimum absolute atomic E-state index is 0.140. The van der Waals surface area contributed by atoms with Crippen LogP contribution in [0.25, 0.3) is 0 Å². The van der Waals surface area contributed by atoms with Gasteiger partial charge in [0.1, 0.15) is 6.10 Å². The number of nitrogens with one attached hydrogen (secondary N) is 1. The number of carbonyl (C=O) groups is 1. The van der Waals surface area contributed by atoms with Crippen LogP contribution in [0.5, 0.6) is 0 Å². The zero-order chi connectivity index (χ0) is 36.0. The van der Waals surface area contributed by atoms with E-state index < -0.39 is 18.2 Å². The summed E-state index contributed by atoms with van der Waals surface area (Å²) in [6, 6.07) is -0.803. The smallest absolute Gasteiger partial charge is 0.220 e. The van der Waals surface area contributed by atoms with Gasteiger partial charge < -0.3 is 20.6 Å². The monoisotopic (exact) mass is 696 g/mol. The molecule has 0 radical (unpaired) electrons. The van der Waals surface area contributed by atoms with Gasteiger partial charge in [-0.25, -0.2) is 0 Å². The van der Waals surface area contributed by atoms with Gasteiger partial charge in [0.05, 0.1) is 18.8 Å². The Morgan fingerprint density at radius 3 is 1.10 bits per heavy atom. The number of amides is 1. The molecule has 5 heteroatoms. The van der Waals surface area contributed by atoms with Gasteiger partial charge in [-0.2, -0.15) is 0 Å². The molecule has 0 aromatic carbocycles. The molecule has 0 aliphatic rings. The molecule has 0 heterocycles. The molecule has 49 heavy (non-hydrogen) atoms. The van der Waals surface area contributed by atoms with Crippen LogP contribution in [0.4, 0.5) is 0 Å². The lowest BCUT2D eigenvalue weighted by atomic mass is 9.99. The SMILES string of the molecule is CCCCCCCCCCCCCCCCCCCCCC(=O)N[C@@H](CO)[C@H](O)[C@H](O)CCCCCCCCCCCCCCCC(C)C. The molecule has 0 aliphatic heterocycles. The van der Waals surface area contributed by atoms with E-state index in [1.54, 1.807) is 0 Å². The predicted octanol–water partition coefficient (Wildman–Crippen LogP) is 12.5. The van der Waals surface area contributed by atoms with Crippen molar-refractivity contribution in [3.63, 3.8) is 0 Å². The van der Waals surface area contributed by atoms with Crippen LogP contribution in [0.1, 0.15) is 245 Å². The van der Waals surface area contributed by atoms with Crippen LogP contribution in [0.2, 0.25) is 0 Å². The molecular formula is C44H89NO4. The molecular weight excluding hydrogens is 606 g/mol. The van der Waals surface area contributed by atoms with Gasteiger partial charge in [0.25, 0.3) is 0 Å². The molecule has 1 amide bonds. The highest BCUT2D eigenvalue weighted by molar-refractivity contribution is 5.76. The van der Waals surface area contributed by atoms with Crippen molar-refractivity contribution in [1.29, 1.82) is 0 Å². The van der Waals surface area contributed by atoms with Crippen molar-refractivity contribution >= 4 is 5.91 Å². The van der Waals surface area contributed by atoms with E-state index in [9.17, 15) is 20.1 Å². The fraction of sp³-hybridized carbons (Fsp3) is 0.977. The van der Waals surface area contributed by atoms with Crippen LogP contribution >= 0.6 is 0 Å². The number of unbranched alkanes of at least 4 members (excludes halogenated alkanes) is 30. The van der Waals surface area contributed by atoms with Crippen LogP contribution in [-0.2, 0) is 4.79 Å². The highest BCUT2D eigenvalue weighted by atomic mass is 16.3. The van der Waals surface area contributed by atoms with E-state index >= 15 is 0 Å². The molecule has 0 aromatic rings. The van der Waals surface area contributed by atoms with Gasteiger partial charge in [0.15, 0.2) is 0 Å². The molecule has 4 N–H and O–H groups in total. The van der Waals surface area contributed by atoms with Gasteiger partial charge in [-0.15, -0.1) is 0 Å². The molecule has 0 bridgehead atoms. The van der Waals surface area contributed by atoms with Crippen LogP contribution in [0, 0.1) is 5.92 Å². The highest BCUT2D eigenvalue weighted by Gasteiger charge is 2.26. The third-order valence-electron chi connectivity index (χ3n) is 10.6. The van der Waals surface area contributed by atoms with E-state index in [-0.39, 0.29) is 12.5 Å². The minimum Gasteiger partial charge on any atom is -0.394 e. The number of carbonyl (C=O) groups excluding carboxylic acids is 1. The lowest BCUT2D eigenvalue weighted by Gasteiger charge is -2.26. The molecule has 3 atom stereocenters. The summed E-state index contributed by atoms with van der Waals surface area (Å²) in [6.07, 6.45) is 42.1. The summed E-state index contributed by atoms with van der Waals surface area (Å²) >= 11 is 0.